The molecule has 0 aliphatic rings. The number of methoxy groups -OCH3 is 2. The molecule has 5 aromatic carbocycles. The zero-order valence-corrected chi connectivity index (χ0v) is 27.5. The van der Waals surface area contributed by atoms with Gasteiger partial charge < -0.3 is 25.4 Å². The SMILES string of the molecule is COc1ccc(OC)c(NC(=O)C(C)Sc2cccc(NC(=O)/C(=C\c3ccc(-c4ccccc4)cc3)NC(=O)c3ccccc3)c2)c1. The van der Waals surface area contributed by atoms with Gasteiger partial charge in [-0.15, -0.1) is 11.8 Å². The zero-order valence-electron chi connectivity index (χ0n) is 26.7. The smallest absolute Gasteiger partial charge is 0.272 e. The molecule has 5 aromatic rings. The van der Waals surface area contributed by atoms with Crippen molar-refractivity contribution >= 4 is 46.9 Å². The Kier molecular flexibility index (Phi) is 11.3. The molecule has 9 heteroatoms. The molecule has 242 valence electrons. The van der Waals surface area contributed by atoms with Gasteiger partial charge in [0, 0.05) is 22.2 Å². The summed E-state index contributed by atoms with van der Waals surface area (Å²) in [6.07, 6.45) is 1.64. The van der Waals surface area contributed by atoms with Crippen LogP contribution < -0.4 is 25.4 Å². The van der Waals surface area contributed by atoms with E-state index < -0.39 is 17.1 Å². The number of rotatable bonds is 12. The molecular weight excluding hydrogens is 623 g/mol. The van der Waals surface area contributed by atoms with E-state index in [9.17, 15) is 14.4 Å². The Balaban J connectivity index is 1.31. The molecule has 5 rings (SSSR count). The molecule has 0 heterocycles. The van der Waals surface area contributed by atoms with Gasteiger partial charge >= 0.3 is 0 Å². The second kappa shape index (κ2) is 16.2. The molecule has 0 radical (unpaired) electrons. The number of hydrogen-bond acceptors (Lipinski definition) is 6. The Morgan fingerprint density at radius 2 is 1.40 bits per heavy atom. The minimum absolute atomic E-state index is 0.0781. The highest BCUT2D eigenvalue weighted by Crippen LogP contribution is 2.31. The van der Waals surface area contributed by atoms with Crippen LogP contribution in [0.1, 0.15) is 22.8 Å². The summed E-state index contributed by atoms with van der Waals surface area (Å²) in [4.78, 5) is 40.6. The van der Waals surface area contributed by atoms with Gasteiger partial charge in [-0.25, -0.2) is 0 Å². The maximum absolute atomic E-state index is 13.6. The lowest BCUT2D eigenvalue weighted by Gasteiger charge is -2.16. The lowest BCUT2D eigenvalue weighted by Crippen LogP contribution is -2.30. The fourth-order valence-electron chi connectivity index (χ4n) is 4.76. The quantitative estimate of drug-likeness (QED) is 0.0931. The number of carbonyl (C=O) groups is 3. The van der Waals surface area contributed by atoms with Crippen LogP contribution in [-0.2, 0) is 9.59 Å². The number of benzene rings is 5. The van der Waals surface area contributed by atoms with Crippen LogP contribution in [0.2, 0.25) is 0 Å². The molecule has 0 aliphatic heterocycles. The van der Waals surface area contributed by atoms with Gasteiger partial charge in [0.05, 0.1) is 25.2 Å². The third-order valence-corrected chi connectivity index (χ3v) is 8.39. The molecule has 0 saturated heterocycles. The van der Waals surface area contributed by atoms with E-state index in [-0.39, 0.29) is 11.6 Å². The van der Waals surface area contributed by atoms with E-state index in [1.54, 1.807) is 80.8 Å². The van der Waals surface area contributed by atoms with Crippen LogP contribution >= 0.6 is 11.8 Å². The molecule has 3 N–H and O–H groups in total. The van der Waals surface area contributed by atoms with Crippen molar-refractivity contribution in [3.8, 4) is 22.6 Å². The van der Waals surface area contributed by atoms with Gasteiger partial charge in [0.25, 0.3) is 11.8 Å². The van der Waals surface area contributed by atoms with Crippen LogP contribution in [-0.4, -0.2) is 37.2 Å². The van der Waals surface area contributed by atoms with Crippen LogP contribution in [0.5, 0.6) is 11.5 Å². The first-order chi connectivity index (χ1) is 23.3. The summed E-state index contributed by atoms with van der Waals surface area (Å²) < 4.78 is 10.7. The van der Waals surface area contributed by atoms with E-state index >= 15 is 0 Å². The number of ether oxygens (including phenoxy) is 2. The Morgan fingerprint density at radius 1 is 0.708 bits per heavy atom. The standard InChI is InChI=1S/C39H35N3O5S/c1-26(37(43)41-34-25-32(46-2)21-22-36(34)47-3)48-33-16-10-15-31(24-33)40-39(45)35(42-38(44)30-13-8-5-9-14-30)23-27-17-19-29(20-18-27)28-11-6-4-7-12-28/h4-26H,1-3H3,(H,40,45)(H,41,43)(H,42,44)/b35-23+. The van der Waals surface area contributed by atoms with E-state index in [4.69, 9.17) is 9.47 Å². The monoisotopic (exact) mass is 657 g/mol. The van der Waals surface area contributed by atoms with Gasteiger partial charge in [0.1, 0.15) is 17.2 Å². The van der Waals surface area contributed by atoms with Crippen molar-refractivity contribution in [1.82, 2.24) is 5.32 Å². The van der Waals surface area contributed by atoms with Gasteiger partial charge in [-0.05, 0) is 72.2 Å². The van der Waals surface area contributed by atoms with Crippen molar-refractivity contribution in [2.45, 2.75) is 17.1 Å². The van der Waals surface area contributed by atoms with Crippen molar-refractivity contribution in [3.05, 3.63) is 144 Å². The number of amides is 3. The third kappa shape index (κ3) is 8.92. The molecule has 0 saturated carbocycles. The molecule has 0 fully saturated rings. The second-order valence-electron chi connectivity index (χ2n) is 10.7. The average Bonchev–Trinajstić information content (AvgIpc) is 3.12. The molecule has 3 amide bonds. The number of carbonyl (C=O) groups excluding carboxylic acids is 3. The number of hydrogen-bond donors (Lipinski definition) is 3. The second-order valence-corrected chi connectivity index (χ2v) is 12.1. The van der Waals surface area contributed by atoms with Crippen molar-refractivity contribution < 1.29 is 23.9 Å². The van der Waals surface area contributed by atoms with Crippen molar-refractivity contribution in [1.29, 1.82) is 0 Å². The van der Waals surface area contributed by atoms with Crippen molar-refractivity contribution in [3.63, 3.8) is 0 Å². The van der Waals surface area contributed by atoms with Crippen LogP contribution in [0.15, 0.2) is 138 Å². The predicted octanol–water partition coefficient (Wildman–Crippen LogP) is 7.90. The van der Waals surface area contributed by atoms with Crippen LogP contribution in [0.3, 0.4) is 0 Å². The molecule has 8 nitrogen and oxygen atoms in total. The third-order valence-electron chi connectivity index (χ3n) is 7.30. The highest BCUT2D eigenvalue weighted by Gasteiger charge is 2.19. The molecule has 0 aliphatic carbocycles. The van der Waals surface area contributed by atoms with E-state index in [0.29, 0.717) is 28.4 Å². The molecular formula is C39H35N3O5S. The van der Waals surface area contributed by atoms with Crippen molar-refractivity contribution in [2.75, 3.05) is 24.9 Å². The van der Waals surface area contributed by atoms with Gasteiger partial charge in [-0.1, -0.05) is 78.9 Å². The van der Waals surface area contributed by atoms with E-state index in [1.807, 2.05) is 66.7 Å². The summed E-state index contributed by atoms with van der Waals surface area (Å²) >= 11 is 1.33. The Labute approximate surface area is 284 Å². The molecule has 0 aromatic heterocycles. The zero-order chi connectivity index (χ0) is 33.9. The van der Waals surface area contributed by atoms with Gasteiger partial charge in [-0.3, -0.25) is 14.4 Å². The lowest BCUT2D eigenvalue weighted by atomic mass is 10.0. The Hall–Kier alpha value is -5.80. The first kappa shape index (κ1) is 33.6. The largest absolute Gasteiger partial charge is 0.497 e. The van der Waals surface area contributed by atoms with E-state index in [1.165, 1.54) is 18.9 Å². The molecule has 1 unspecified atom stereocenters. The topological polar surface area (TPSA) is 106 Å². The molecule has 0 spiro atoms. The maximum Gasteiger partial charge on any atom is 0.272 e. The first-order valence-corrected chi connectivity index (χ1v) is 16.1. The van der Waals surface area contributed by atoms with Crippen LogP contribution in [0, 0.1) is 0 Å². The Morgan fingerprint density at radius 3 is 2.08 bits per heavy atom. The van der Waals surface area contributed by atoms with E-state index in [0.717, 1.165) is 21.6 Å². The Bertz CT molecular complexity index is 1910. The normalized spacial score (nSPS) is 11.6. The minimum Gasteiger partial charge on any atom is -0.497 e. The summed E-state index contributed by atoms with van der Waals surface area (Å²) in [6.45, 7) is 1.79. The number of thioether (sulfide) groups is 1. The number of anilines is 2. The lowest BCUT2D eigenvalue weighted by molar-refractivity contribution is -0.115. The summed E-state index contributed by atoms with van der Waals surface area (Å²) in [5.41, 5.74) is 4.36. The first-order valence-electron chi connectivity index (χ1n) is 15.2. The highest BCUT2D eigenvalue weighted by molar-refractivity contribution is 8.00. The molecule has 0 bridgehead atoms. The fourth-order valence-corrected chi connectivity index (χ4v) is 5.69. The number of nitrogens with one attached hydrogen (secondary N) is 3. The minimum atomic E-state index is -0.496. The summed E-state index contributed by atoms with van der Waals surface area (Å²) in [7, 11) is 3.08. The highest BCUT2D eigenvalue weighted by atomic mass is 32.2. The maximum atomic E-state index is 13.6. The van der Waals surface area contributed by atoms with Crippen LogP contribution in [0.25, 0.3) is 17.2 Å². The average molecular weight is 658 g/mol. The summed E-state index contributed by atoms with van der Waals surface area (Å²) in [5.74, 6) is -0.0267. The molecule has 48 heavy (non-hydrogen) atoms. The predicted molar refractivity (Wildman–Crippen MR) is 192 cm³/mol. The van der Waals surface area contributed by atoms with Gasteiger partial charge in [0.2, 0.25) is 5.91 Å². The van der Waals surface area contributed by atoms with E-state index in [2.05, 4.69) is 16.0 Å². The summed E-state index contributed by atoms with van der Waals surface area (Å²) in [5, 5.41) is 8.11. The van der Waals surface area contributed by atoms with Crippen LogP contribution in [0.4, 0.5) is 11.4 Å². The summed E-state index contributed by atoms with van der Waals surface area (Å²) in [6, 6.07) is 38.8. The van der Waals surface area contributed by atoms with Gasteiger partial charge in [0.15, 0.2) is 0 Å². The fraction of sp³-hybridized carbons (Fsp3) is 0.103. The van der Waals surface area contributed by atoms with Gasteiger partial charge in [-0.2, -0.15) is 0 Å². The molecule has 1 atom stereocenters. The van der Waals surface area contributed by atoms with Crippen molar-refractivity contribution in [2.24, 2.45) is 0 Å².